The van der Waals surface area contributed by atoms with E-state index in [1.165, 1.54) is 31.2 Å². The fraction of sp³-hybridized carbons (Fsp3) is 0.500. The molecule has 0 aliphatic carbocycles. The first-order valence-corrected chi connectivity index (χ1v) is 13.9. The molecule has 1 fully saturated rings. The van der Waals surface area contributed by atoms with Gasteiger partial charge in [-0.2, -0.15) is 0 Å². The third-order valence-corrected chi connectivity index (χ3v) is 5.97. The smallest absolute Gasteiger partial charge is 0.330 e. The van der Waals surface area contributed by atoms with Crippen LogP contribution in [0.4, 0.5) is 0 Å². The largest absolute Gasteiger partial charge is 0.358 e. The number of amides is 7. The first-order chi connectivity index (χ1) is 20.8. The summed E-state index contributed by atoms with van der Waals surface area (Å²) in [6.45, 7) is 4.07. The van der Waals surface area contributed by atoms with Gasteiger partial charge in [0.2, 0.25) is 5.91 Å². The third kappa shape index (κ3) is 13.9. The van der Waals surface area contributed by atoms with E-state index in [1.807, 2.05) is 0 Å². The van der Waals surface area contributed by atoms with Gasteiger partial charge in [0.1, 0.15) is 11.6 Å². The molecule has 0 bridgehead atoms. The Kier molecular flexibility index (Phi) is 16.3. The van der Waals surface area contributed by atoms with Gasteiger partial charge < -0.3 is 15.9 Å². The summed E-state index contributed by atoms with van der Waals surface area (Å²) in [4.78, 5) is 116. The minimum absolute atomic E-state index is 0.0205. The highest BCUT2D eigenvalue weighted by Crippen LogP contribution is 2.11. The van der Waals surface area contributed by atoms with Crippen LogP contribution in [0.2, 0.25) is 0 Å². The molecule has 4 N–H and O–H groups in total. The Bertz CT molecular complexity index is 1170. The molecular formula is C28H38N5O11+. The van der Waals surface area contributed by atoms with Gasteiger partial charge in [-0.1, -0.05) is 0 Å². The number of quaternary nitrogens is 1. The highest BCUT2D eigenvalue weighted by Gasteiger charge is 2.32. The van der Waals surface area contributed by atoms with Crippen LogP contribution >= 0.6 is 0 Å². The molecule has 0 atom stereocenters. The monoisotopic (exact) mass is 620 g/mol. The Morgan fingerprint density at radius 2 is 1.11 bits per heavy atom. The highest BCUT2D eigenvalue weighted by molar-refractivity contribution is 6.13. The number of hydrogen-bond acceptors (Lipinski definition) is 11. The van der Waals surface area contributed by atoms with Crippen LogP contribution in [0, 0.1) is 0 Å². The second-order valence-corrected chi connectivity index (χ2v) is 9.61. The summed E-state index contributed by atoms with van der Waals surface area (Å²) in [5.41, 5.74) is 3.64. The van der Waals surface area contributed by atoms with Crippen molar-refractivity contribution in [3.63, 3.8) is 0 Å². The number of hydrogen-bond donors (Lipinski definition) is 2. The first kappa shape index (κ1) is 37.2. The van der Waals surface area contributed by atoms with Gasteiger partial charge in [0.15, 0.2) is 0 Å². The van der Waals surface area contributed by atoms with E-state index in [0.717, 1.165) is 29.7 Å². The standard InChI is InChI=1S/C12H16N2O4.C10H14N2O3.C6H7NO4/c1-9(15)13-7-2-3-10(16)6-8-14-11(17)4-5-12(14)18;11-6-1-2-8(13)5-7-12-9(14)3-4-10(12)15;1-4(8)11-7-5(9)2-3-6(7)10/h4-5H,2-3,6-8H2,1H3,(H,13,15);3-4H,1-2,5-7,11H2;2-3H2,1H3/p+1. The number of ketones is 2. The molecule has 3 aliphatic rings. The number of imide groups is 3. The molecule has 0 aromatic heterocycles. The number of carbonyl (C=O) groups is 10. The summed E-state index contributed by atoms with van der Waals surface area (Å²) in [5.74, 6) is -3.03. The van der Waals surface area contributed by atoms with Gasteiger partial charge in [-0.25, -0.2) is 4.79 Å². The zero-order chi connectivity index (χ0) is 33.2. The molecule has 240 valence electrons. The van der Waals surface area contributed by atoms with E-state index in [0.29, 0.717) is 30.9 Å². The molecule has 0 unspecified atom stereocenters. The molecule has 44 heavy (non-hydrogen) atoms. The average molecular weight is 621 g/mol. The normalized spacial score (nSPS) is 15.3. The molecule has 0 aromatic rings. The molecule has 3 heterocycles. The topological polar surface area (TPSA) is 229 Å². The molecule has 3 aliphatic heterocycles. The van der Waals surface area contributed by atoms with E-state index < -0.39 is 17.8 Å². The molecule has 16 nitrogen and oxygen atoms in total. The van der Waals surface area contributed by atoms with Crippen molar-refractivity contribution in [1.29, 1.82) is 0 Å². The lowest BCUT2D eigenvalue weighted by Gasteiger charge is -2.12. The maximum Gasteiger partial charge on any atom is 0.330 e. The van der Waals surface area contributed by atoms with Crippen molar-refractivity contribution in [2.24, 2.45) is 0 Å². The van der Waals surface area contributed by atoms with E-state index in [1.54, 1.807) is 0 Å². The Balaban J connectivity index is 0.000000339. The zero-order valence-electron chi connectivity index (χ0n) is 24.8. The van der Waals surface area contributed by atoms with Gasteiger partial charge >= 0.3 is 5.97 Å². The summed E-state index contributed by atoms with van der Waals surface area (Å²) < 4.78 is 0. The second kappa shape index (κ2) is 19.4. The van der Waals surface area contributed by atoms with Gasteiger partial charge in [-0.15, -0.1) is 5.06 Å². The molecule has 0 spiro atoms. The van der Waals surface area contributed by atoms with E-state index in [9.17, 15) is 47.9 Å². The number of hydroxylamine groups is 2. The lowest BCUT2D eigenvalue weighted by Crippen LogP contribution is -2.50. The van der Waals surface area contributed by atoms with Crippen LogP contribution in [-0.4, -0.2) is 99.9 Å². The minimum Gasteiger partial charge on any atom is -0.358 e. The maximum absolute atomic E-state index is 11.5. The lowest BCUT2D eigenvalue weighted by molar-refractivity contribution is -0.368. The number of nitrogens with zero attached hydrogens (tertiary/aromatic N) is 3. The fourth-order valence-corrected chi connectivity index (χ4v) is 3.68. The van der Waals surface area contributed by atoms with Crippen LogP contribution in [0.3, 0.4) is 0 Å². The molecule has 16 heteroatoms. The maximum atomic E-state index is 11.5. The SMILES string of the molecule is CC(=O)NCCCC(=O)CCN1C(=O)C=CC1=O.CC(=O)ON1C(=O)CCC1=O.[NH3+]CCCC(=O)CCN1C(=O)C=CC1=O. The van der Waals surface area contributed by atoms with Gasteiger partial charge in [0.25, 0.3) is 35.4 Å². The number of nitrogens with one attached hydrogen (secondary N) is 1. The number of carbonyl (C=O) groups excluding carboxylic acids is 10. The second-order valence-electron chi connectivity index (χ2n) is 9.61. The summed E-state index contributed by atoms with van der Waals surface area (Å²) in [5, 5.41) is 3.11. The number of Topliss-reactive ketones (excluding diaryl/α,β-unsaturated/α-hetero) is 2. The van der Waals surface area contributed by atoms with E-state index in [4.69, 9.17) is 0 Å². The molecule has 0 radical (unpaired) electrons. The van der Waals surface area contributed by atoms with Crippen LogP contribution in [-0.2, 0) is 52.8 Å². The van der Waals surface area contributed by atoms with Crippen molar-refractivity contribution >= 4 is 58.9 Å². The summed E-state index contributed by atoms with van der Waals surface area (Å²) in [6, 6.07) is 0. The van der Waals surface area contributed by atoms with Crippen LogP contribution in [0.1, 0.15) is 65.2 Å². The van der Waals surface area contributed by atoms with E-state index in [-0.39, 0.29) is 79.9 Å². The predicted octanol–water partition coefficient (Wildman–Crippen LogP) is -1.71. The zero-order valence-corrected chi connectivity index (χ0v) is 24.8. The quantitative estimate of drug-likeness (QED) is 0.164. The highest BCUT2D eigenvalue weighted by atomic mass is 16.7. The molecule has 3 rings (SSSR count). The van der Waals surface area contributed by atoms with Crippen LogP contribution in [0.5, 0.6) is 0 Å². The van der Waals surface area contributed by atoms with E-state index in [2.05, 4.69) is 15.9 Å². The molecule has 1 saturated heterocycles. The fourth-order valence-electron chi connectivity index (χ4n) is 3.68. The van der Waals surface area contributed by atoms with Crippen LogP contribution < -0.4 is 11.1 Å². The molecule has 7 amide bonds. The third-order valence-electron chi connectivity index (χ3n) is 5.97. The Morgan fingerprint density at radius 1 is 0.705 bits per heavy atom. The van der Waals surface area contributed by atoms with Crippen molar-refractivity contribution in [1.82, 2.24) is 20.2 Å². The molecular weight excluding hydrogens is 582 g/mol. The molecule has 0 saturated carbocycles. The molecule has 0 aromatic carbocycles. The van der Waals surface area contributed by atoms with Crippen molar-refractivity contribution < 1.29 is 58.5 Å². The van der Waals surface area contributed by atoms with Crippen molar-refractivity contribution in [2.75, 3.05) is 26.2 Å². The van der Waals surface area contributed by atoms with Crippen molar-refractivity contribution in [2.45, 2.75) is 65.2 Å². The predicted molar refractivity (Wildman–Crippen MR) is 149 cm³/mol. The number of rotatable bonds is 14. The van der Waals surface area contributed by atoms with Gasteiger partial charge in [-0.05, 0) is 6.42 Å². The van der Waals surface area contributed by atoms with Crippen LogP contribution in [0.25, 0.3) is 0 Å². The van der Waals surface area contributed by atoms with Crippen LogP contribution in [0.15, 0.2) is 24.3 Å². The summed E-state index contributed by atoms with van der Waals surface area (Å²) in [7, 11) is 0. The van der Waals surface area contributed by atoms with Gasteiger partial charge in [-0.3, -0.25) is 53.0 Å². The van der Waals surface area contributed by atoms with Gasteiger partial charge in [0, 0.05) is 103 Å². The average Bonchev–Trinajstić information content (AvgIpc) is 3.58. The Labute approximate surface area is 253 Å². The summed E-state index contributed by atoms with van der Waals surface area (Å²) >= 11 is 0. The van der Waals surface area contributed by atoms with Crippen molar-refractivity contribution in [3.8, 4) is 0 Å². The Morgan fingerprint density at radius 3 is 1.48 bits per heavy atom. The minimum atomic E-state index is -0.659. The van der Waals surface area contributed by atoms with E-state index >= 15 is 0 Å². The summed E-state index contributed by atoms with van der Waals surface area (Å²) in [6.07, 6.45) is 7.67. The lowest BCUT2D eigenvalue weighted by atomic mass is 10.1. The van der Waals surface area contributed by atoms with Gasteiger partial charge in [0.05, 0.1) is 6.54 Å². The van der Waals surface area contributed by atoms with Crippen molar-refractivity contribution in [3.05, 3.63) is 24.3 Å². The first-order valence-electron chi connectivity index (χ1n) is 13.9. The Hall–Kier alpha value is -4.86.